The number of hydrogen-bond donors (Lipinski definition) is 0. The fourth-order valence-electron chi connectivity index (χ4n) is 1.68. The molecule has 0 saturated carbocycles. The maximum Gasteiger partial charge on any atom is 0.273 e. The van der Waals surface area contributed by atoms with Gasteiger partial charge in [-0.25, -0.2) is 0 Å². The van der Waals surface area contributed by atoms with Gasteiger partial charge in [0, 0.05) is 27.1 Å². The highest BCUT2D eigenvalue weighted by Gasteiger charge is 2.22. The molecule has 0 fully saturated rings. The number of non-ortho nitro benzene ring substituents is 1. The van der Waals surface area contributed by atoms with Gasteiger partial charge in [-0.2, -0.15) is 0 Å². The van der Waals surface area contributed by atoms with Crippen molar-refractivity contribution in [3.8, 4) is 23.0 Å². The highest BCUT2D eigenvalue weighted by atomic mass is 79.9. The predicted molar refractivity (Wildman–Crippen MR) is 75.1 cm³/mol. The monoisotopic (exact) mass is 385 g/mol. The molecular weight excluding hydrogens is 382 g/mol. The fraction of sp³-hybridized carbons (Fsp3) is 0. The van der Waals surface area contributed by atoms with E-state index in [1.807, 2.05) is 0 Å². The predicted octanol–water partition coefficient (Wildman–Crippen LogP) is 5.02. The summed E-state index contributed by atoms with van der Waals surface area (Å²) in [5.41, 5.74) is -0.0398. The number of rotatable bonds is 1. The molecule has 0 unspecified atom stereocenters. The van der Waals surface area contributed by atoms with Gasteiger partial charge in [-0.1, -0.05) is 0 Å². The largest absolute Gasteiger partial charge is 0.449 e. The summed E-state index contributed by atoms with van der Waals surface area (Å²) in [7, 11) is 0. The Morgan fingerprint density at radius 2 is 1.42 bits per heavy atom. The van der Waals surface area contributed by atoms with Gasteiger partial charge in [-0.15, -0.1) is 0 Å². The molecule has 0 amide bonds. The minimum atomic E-state index is -0.476. The summed E-state index contributed by atoms with van der Waals surface area (Å²) < 4.78 is 12.9. The van der Waals surface area contributed by atoms with Crippen molar-refractivity contribution in [2.45, 2.75) is 0 Å². The molecular formula is C12H5Br2NO4. The smallest absolute Gasteiger partial charge is 0.273 e. The Morgan fingerprint density at radius 3 is 2.00 bits per heavy atom. The van der Waals surface area contributed by atoms with Crippen LogP contribution < -0.4 is 9.47 Å². The van der Waals surface area contributed by atoms with Crippen molar-refractivity contribution in [2.24, 2.45) is 0 Å². The number of benzene rings is 2. The van der Waals surface area contributed by atoms with Crippen molar-refractivity contribution in [1.29, 1.82) is 0 Å². The van der Waals surface area contributed by atoms with Crippen LogP contribution in [0.3, 0.4) is 0 Å². The molecule has 5 nitrogen and oxygen atoms in total. The van der Waals surface area contributed by atoms with Crippen LogP contribution in [0.5, 0.6) is 23.0 Å². The summed E-state index contributed by atoms with van der Waals surface area (Å²) in [6.45, 7) is 0. The molecule has 0 aliphatic carbocycles. The average Bonchev–Trinajstić information content (AvgIpc) is 2.37. The highest BCUT2D eigenvalue weighted by molar-refractivity contribution is 9.13. The van der Waals surface area contributed by atoms with Crippen molar-refractivity contribution in [3.05, 3.63) is 49.4 Å². The van der Waals surface area contributed by atoms with Gasteiger partial charge in [0.15, 0.2) is 23.0 Å². The van der Waals surface area contributed by atoms with Crippen LogP contribution in [-0.2, 0) is 0 Å². The zero-order chi connectivity index (χ0) is 13.6. The second-order valence-electron chi connectivity index (χ2n) is 3.81. The molecule has 0 aromatic heterocycles. The van der Waals surface area contributed by atoms with Gasteiger partial charge >= 0.3 is 0 Å². The van der Waals surface area contributed by atoms with E-state index in [2.05, 4.69) is 31.9 Å². The summed E-state index contributed by atoms with van der Waals surface area (Å²) in [6.07, 6.45) is 0. The summed E-state index contributed by atoms with van der Waals surface area (Å²) in [5, 5.41) is 10.7. The Morgan fingerprint density at radius 1 is 0.895 bits per heavy atom. The maximum absolute atomic E-state index is 10.7. The summed E-state index contributed by atoms with van der Waals surface area (Å²) in [5.74, 6) is 1.84. The molecule has 0 spiro atoms. The third-order valence-corrected chi connectivity index (χ3v) is 4.41. The summed E-state index contributed by atoms with van der Waals surface area (Å²) in [6, 6.07) is 7.74. The molecule has 96 valence electrons. The van der Waals surface area contributed by atoms with Gasteiger partial charge in [0.05, 0.1) is 11.0 Å². The van der Waals surface area contributed by atoms with Gasteiger partial charge in [-0.05, 0) is 37.9 Å². The molecule has 0 radical (unpaired) electrons. The molecule has 2 aromatic carbocycles. The van der Waals surface area contributed by atoms with Gasteiger partial charge in [0.1, 0.15) is 0 Å². The lowest BCUT2D eigenvalue weighted by molar-refractivity contribution is -0.384. The molecule has 0 bridgehead atoms. The average molecular weight is 387 g/mol. The summed E-state index contributed by atoms with van der Waals surface area (Å²) >= 11 is 6.73. The van der Waals surface area contributed by atoms with Crippen LogP contribution in [-0.4, -0.2) is 4.92 Å². The van der Waals surface area contributed by atoms with Gasteiger partial charge in [0.2, 0.25) is 0 Å². The molecule has 0 N–H and O–H groups in total. The SMILES string of the molecule is O=[N+]([O-])c1ccc2c(c1)Oc1cc(Br)c(Br)cc1O2. The van der Waals surface area contributed by atoms with Crippen LogP contribution in [0.15, 0.2) is 39.3 Å². The molecule has 1 aliphatic heterocycles. The zero-order valence-corrected chi connectivity index (χ0v) is 12.4. The van der Waals surface area contributed by atoms with E-state index in [4.69, 9.17) is 9.47 Å². The zero-order valence-electron chi connectivity index (χ0n) is 9.22. The van der Waals surface area contributed by atoms with E-state index in [1.165, 1.54) is 18.2 Å². The number of fused-ring (bicyclic) bond motifs is 2. The van der Waals surface area contributed by atoms with Crippen molar-refractivity contribution >= 4 is 37.5 Å². The molecule has 3 rings (SSSR count). The van der Waals surface area contributed by atoms with E-state index in [0.29, 0.717) is 23.0 Å². The highest BCUT2D eigenvalue weighted by Crippen LogP contribution is 2.48. The second-order valence-corrected chi connectivity index (χ2v) is 5.51. The number of nitrogens with zero attached hydrogens (tertiary/aromatic N) is 1. The van der Waals surface area contributed by atoms with Crippen LogP contribution in [0.4, 0.5) is 5.69 Å². The Labute approximate surface area is 124 Å². The fourth-order valence-corrected chi connectivity index (χ4v) is 2.33. The van der Waals surface area contributed by atoms with E-state index in [9.17, 15) is 10.1 Å². The normalized spacial score (nSPS) is 11.9. The number of halogens is 2. The first-order valence-corrected chi connectivity index (χ1v) is 6.76. The third kappa shape index (κ3) is 2.19. The van der Waals surface area contributed by atoms with Gasteiger partial charge in [-0.3, -0.25) is 10.1 Å². The lowest BCUT2D eigenvalue weighted by atomic mass is 10.2. The third-order valence-electron chi connectivity index (χ3n) is 2.56. The number of ether oxygens (including phenoxy) is 2. The molecule has 1 heterocycles. The van der Waals surface area contributed by atoms with E-state index < -0.39 is 4.92 Å². The van der Waals surface area contributed by atoms with Crippen LogP contribution in [0.1, 0.15) is 0 Å². The lowest BCUT2D eigenvalue weighted by Gasteiger charge is -2.20. The van der Waals surface area contributed by atoms with E-state index >= 15 is 0 Å². The Bertz CT molecular complexity index is 702. The Balaban J connectivity index is 2.06. The van der Waals surface area contributed by atoms with Crippen LogP contribution in [0.25, 0.3) is 0 Å². The minimum absolute atomic E-state index is 0.0398. The quantitative estimate of drug-likeness (QED) is 0.435. The molecule has 0 atom stereocenters. The standard InChI is InChI=1S/C12H5Br2NO4/c13-7-4-11-12(5-8(7)14)19-10-3-6(15(16)17)1-2-9(10)18-11/h1-5H. The van der Waals surface area contributed by atoms with Crippen LogP contribution in [0, 0.1) is 10.1 Å². The maximum atomic E-state index is 10.7. The van der Waals surface area contributed by atoms with Crippen LogP contribution in [0.2, 0.25) is 0 Å². The first-order chi connectivity index (χ1) is 9.04. The number of nitro benzene ring substituents is 1. The van der Waals surface area contributed by atoms with Crippen molar-refractivity contribution in [2.75, 3.05) is 0 Å². The first kappa shape index (κ1) is 12.4. The molecule has 1 aliphatic rings. The molecule has 2 aromatic rings. The number of nitro groups is 1. The van der Waals surface area contributed by atoms with Crippen molar-refractivity contribution < 1.29 is 14.4 Å². The summed E-state index contributed by atoms with van der Waals surface area (Å²) in [4.78, 5) is 10.3. The first-order valence-electron chi connectivity index (χ1n) is 5.18. The van der Waals surface area contributed by atoms with Gasteiger partial charge < -0.3 is 9.47 Å². The van der Waals surface area contributed by atoms with Crippen molar-refractivity contribution in [1.82, 2.24) is 0 Å². The lowest BCUT2D eigenvalue weighted by Crippen LogP contribution is -2.00. The van der Waals surface area contributed by atoms with Crippen LogP contribution >= 0.6 is 31.9 Å². The van der Waals surface area contributed by atoms with Gasteiger partial charge in [0.25, 0.3) is 5.69 Å². The minimum Gasteiger partial charge on any atom is -0.449 e. The van der Waals surface area contributed by atoms with E-state index in [1.54, 1.807) is 12.1 Å². The topological polar surface area (TPSA) is 61.6 Å². The Kier molecular flexibility index (Phi) is 2.94. The van der Waals surface area contributed by atoms with E-state index in [-0.39, 0.29) is 5.69 Å². The molecule has 19 heavy (non-hydrogen) atoms. The Hall–Kier alpha value is -1.60. The second kappa shape index (κ2) is 4.50. The molecule has 7 heteroatoms. The number of hydrogen-bond acceptors (Lipinski definition) is 4. The van der Waals surface area contributed by atoms with Crippen molar-refractivity contribution in [3.63, 3.8) is 0 Å². The van der Waals surface area contributed by atoms with E-state index in [0.717, 1.165) is 8.95 Å². The molecule has 0 saturated heterocycles.